The maximum atomic E-state index is 10.5. The first kappa shape index (κ1) is 17.2. The van der Waals surface area contributed by atoms with E-state index in [1.807, 2.05) is 24.3 Å². The summed E-state index contributed by atoms with van der Waals surface area (Å²) in [5.74, 6) is 2.82. The summed E-state index contributed by atoms with van der Waals surface area (Å²) in [4.78, 5) is 6.22. The topological polar surface area (TPSA) is 80.0 Å². The highest BCUT2D eigenvalue weighted by Gasteiger charge is 2.36. The van der Waals surface area contributed by atoms with Crippen LogP contribution in [0.25, 0.3) is 16.9 Å². The quantitative estimate of drug-likeness (QED) is 0.751. The van der Waals surface area contributed by atoms with E-state index in [9.17, 15) is 5.11 Å². The number of aromatic nitrogens is 5. The van der Waals surface area contributed by atoms with Crippen molar-refractivity contribution in [3.05, 3.63) is 43.0 Å². The largest absolute Gasteiger partial charge is 0.507 e. The number of benzene rings is 1. The Balaban J connectivity index is 1.35. The number of hydrogen-bond acceptors (Lipinski definition) is 6. The molecule has 2 fully saturated rings. The molecule has 1 N–H and O–H groups in total. The molecule has 2 aliphatic carbocycles. The molecule has 2 bridgehead atoms. The Morgan fingerprint density at radius 2 is 1.86 bits per heavy atom. The highest BCUT2D eigenvalue weighted by Crippen LogP contribution is 2.43. The van der Waals surface area contributed by atoms with E-state index in [-0.39, 0.29) is 5.75 Å². The molecule has 5 rings (SSSR count). The highest BCUT2D eigenvalue weighted by atomic mass is 16.3. The third-order valence-corrected chi connectivity index (χ3v) is 6.36. The van der Waals surface area contributed by atoms with Gasteiger partial charge in [0.25, 0.3) is 0 Å². The van der Waals surface area contributed by atoms with Crippen LogP contribution in [0.1, 0.15) is 32.1 Å². The molecule has 7 heteroatoms. The third kappa shape index (κ3) is 3.10. The molecule has 3 aromatic rings. The van der Waals surface area contributed by atoms with Gasteiger partial charge in [-0.2, -0.15) is 5.10 Å². The smallest absolute Gasteiger partial charge is 0.151 e. The summed E-state index contributed by atoms with van der Waals surface area (Å²) in [7, 11) is 2.13. The zero-order valence-electron chi connectivity index (χ0n) is 15.9. The van der Waals surface area contributed by atoms with Gasteiger partial charge in [-0.25, -0.2) is 9.67 Å². The second kappa shape index (κ2) is 6.89. The van der Waals surface area contributed by atoms with Crippen molar-refractivity contribution in [1.82, 2.24) is 25.0 Å². The zero-order valence-corrected chi connectivity index (χ0v) is 15.9. The predicted molar refractivity (Wildman–Crippen MR) is 106 cm³/mol. The van der Waals surface area contributed by atoms with Crippen molar-refractivity contribution >= 4 is 5.82 Å². The Morgan fingerprint density at radius 1 is 1.04 bits per heavy atom. The van der Waals surface area contributed by atoms with Crippen LogP contribution in [0.15, 0.2) is 43.0 Å². The fourth-order valence-corrected chi connectivity index (χ4v) is 4.85. The molecule has 0 aliphatic heterocycles. The molecule has 7 nitrogen and oxygen atoms in total. The summed E-state index contributed by atoms with van der Waals surface area (Å²) in [6.07, 6.45) is 9.79. The summed E-state index contributed by atoms with van der Waals surface area (Å²) in [6, 6.07) is 9.86. The lowest BCUT2D eigenvalue weighted by Crippen LogP contribution is -2.37. The lowest BCUT2D eigenvalue weighted by atomic mass is 9.85. The standard InChI is InChI=1S/C21H24N6O/c1-26(17-9-14-2-3-15(8-14)10-17)21-7-6-19(24-25-21)18-5-4-16(11-20(18)28)27-13-22-12-23-27/h4-7,11-15,17,28H,2-3,8-10H2,1H3/t14-,15?,17+/m0/s1. The van der Waals surface area contributed by atoms with Gasteiger partial charge in [0.15, 0.2) is 5.82 Å². The molecule has 0 radical (unpaired) electrons. The van der Waals surface area contributed by atoms with E-state index < -0.39 is 0 Å². The second-order valence-electron chi connectivity index (χ2n) is 8.10. The molecule has 3 atom stereocenters. The van der Waals surface area contributed by atoms with Crippen LogP contribution < -0.4 is 4.90 Å². The van der Waals surface area contributed by atoms with Gasteiger partial charge in [-0.3, -0.25) is 0 Å². The van der Waals surface area contributed by atoms with Gasteiger partial charge in [0.1, 0.15) is 18.4 Å². The van der Waals surface area contributed by atoms with Crippen LogP contribution in [-0.2, 0) is 0 Å². The summed E-state index contributed by atoms with van der Waals surface area (Å²) < 4.78 is 1.60. The molecule has 144 valence electrons. The summed E-state index contributed by atoms with van der Waals surface area (Å²) in [6.45, 7) is 0. The van der Waals surface area contributed by atoms with Crippen LogP contribution in [0.4, 0.5) is 5.82 Å². The number of phenolic OH excluding ortho intramolecular Hbond substituents is 1. The first-order chi connectivity index (χ1) is 13.7. The summed E-state index contributed by atoms with van der Waals surface area (Å²) in [5.41, 5.74) is 2.06. The van der Waals surface area contributed by atoms with Crippen molar-refractivity contribution in [2.24, 2.45) is 11.8 Å². The Hall–Kier alpha value is -2.96. The Bertz CT molecular complexity index is 944. The summed E-state index contributed by atoms with van der Waals surface area (Å²) >= 11 is 0. The predicted octanol–water partition coefficient (Wildman–Crippen LogP) is 3.44. The highest BCUT2D eigenvalue weighted by molar-refractivity contribution is 5.68. The van der Waals surface area contributed by atoms with Crippen LogP contribution in [0.5, 0.6) is 5.75 Å². The molecule has 0 spiro atoms. The van der Waals surface area contributed by atoms with Gasteiger partial charge in [0.2, 0.25) is 0 Å². The number of aromatic hydroxyl groups is 1. The van der Waals surface area contributed by atoms with Gasteiger partial charge in [-0.15, -0.1) is 10.2 Å². The van der Waals surface area contributed by atoms with Gasteiger partial charge >= 0.3 is 0 Å². The number of phenols is 1. The fourth-order valence-electron chi connectivity index (χ4n) is 4.85. The molecular formula is C21H24N6O. The second-order valence-corrected chi connectivity index (χ2v) is 8.10. The monoisotopic (exact) mass is 376 g/mol. The lowest BCUT2D eigenvalue weighted by Gasteiger charge is -2.35. The molecule has 0 amide bonds. The molecule has 2 saturated carbocycles. The van der Waals surface area contributed by atoms with Crippen molar-refractivity contribution in [2.75, 3.05) is 11.9 Å². The van der Waals surface area contributed by atoms with E-state index in [2.05, 4.69) is 32.2 Å². The van der Waals surface area contributed by atoms with Gasteiger partial charge in [0.05, 0.1) is 11.4 Å². The van der Waals surface area contributed by atoms with Crippen LogP contribution in [-0.4, -0.2) is 43.2 Å². The minimum Gasteiger partial charge on any atom is -0.507 e. The number of fused-ring (bicyclic) bond motifs is 2. The molecule has 1 aromatic carbocycles. The van der Waals surface area contributed by atoms with E-state index in [0.29, 0.717) is 17.3 Å². The number of hydrogen-bond donors (Lipinski definition) is 1. The average molecular weight is 376 g/mol. The van der Waals surface area contributed by atoms with Crippen molar-refractivity contribution in [1.29, 1.82) is 0 Å². The van der Waals surface area contributed by atoms with Gasteiger partial charge < -0.3 is 10.0 Å². The maximum Gasteiger partial charge on any atom is 0.151 e. The van der Waals surface area contributed by atoms with Gasteiger partial charge in [-0.1, -0.05) is 12.8 Å². The van der Waals surface area contributed by atoms with Crippen LogP contribution >= 0.6 is 0 Å². The molecule has 1 unspecified atom stereocenters. The molecule has 0 saturated heterocycles. The van der Waals surface area contributed by atoms with E-state index in [1.54, 1.807) is 17.1 Å². The maximum absolute atomic E-state index is 10.5. The normalized spacial score (nSPS) is 23.7. The molecule has 28 heavy (non-hydrogen) atoms. The van der Waals surface area contributed by atoms with Crippen LogP contribution in [0.2, 0.25) is 0 Å². The van der Waals surface area contributed by atoms with E-state index in [1.165, 1.54) is 38.4 Å². The Kier molecular flexibility index (Phi) is 4.22. The van der Waals surface area contributed by atoms with Crippen LogP contribution in [0.3, 0.4) is 0 Å². The third-order valence-electron chi connectivity index (χ3n) is 6.36. The molecule has 2 heterocycles. The summed E-state index contributed by atoms with van der Waals surface area (Å²) in [5, 5.41) is 23.4. The first-order valence-corrected chi connectivity index (χ1v) is 9.92. The van der Waals surface area contributed by atoms with Crippen molar-refractivity contribution in [3.8, 4) is 22.7 Å². The fraction of sp³-hybridized carbons (Fsp3) is 0.429. The molecular weight excluding hydrogens is 352 g/mol. The minimum absolute atomic E-state index is 0.146. The first-order valence-electron chi connectivity index (χ1n) is 9.92. The minimum atomic E-state index is 0.146. The number of nitrogens with zero attached hydrogens (tertiary/aromatic N) is 6. The SMILES string of the molecule is CN(c1ccc(-c2ccc(-n3cncn3)cc2O)nn1)[C@H]1CC2CC[C@@H](C2)C1. The van der Waals surface area contributed by atoms with E-state index >= 15 is 0 Å². The van der Waals surface area contributed by atoms with Crippen molar-refractivity contribution < 1.29 is 5.11 Å². The Labute approximate surface area is 164 Å². The van der Waals surface area contributed by atoms with E-state index in [4.69, 9.17) is 0 Å². The number of rotatable bonds is 4. The molecule has 2 aliphatic rings. The van der Waals surface area contributed by atoms with Gasteiger partial charge in [0, 0.05) is 24.7 Å². The van der Waals surface area contributed by atoms with Gasteiger partial charge in [-0.05, 0) is 55.4 Å². The van der Waals surface area contributed by atoms with Crippen LogP contribution in [0, 0.1) is 11.8 Å². The number of anilines is 1. The Morgan fingerprint density at radius 3 is 2.50 bits per heavy atom. The lowest BCUT2D eigenvalue weighted by molar-refractivity contribution is 0.312. The van der Waals surface area contributed by atoms with E-state index in [0.717, 1.165) is 23.3 Å². The van der Waals surface area contributed by atoms with Crippen molar-refractivity contribution in [2.45, 2.75) is 38.1 Å². The molecule has 2 aromatic heterocycles. The average Bonchev–Trinajstić information content (AvgIpc) is 3.37. The van der Waals surface area contributed by atoms with Crippen molar-refractivity contribution in [3.63, 3.8) is 0 Å². The zero-order chi connectivity index (χ0) is 19.1.